The molecule has 2 aromatic heterocycles. The zero-order valence-corrected chi connectivity index (χ0v) is 22.0. The van der Waals surface area contributed by atoms with Crippen LogP contribution in [0.25, 0.3) is 22.2 Å². The number of hydrogen-bond acceptors (Lipinski definition) is 5. The second kappa shape index (κ2) is 9.61. The standard InChI is InChI=1S/C30H26ClFN4O3/c1-30(29(33)38)15-39-27-22(30)13-24(36-26(27)17-6-8-20(32)9-7-17)21(16-4-5-16)14-35-28(37)19-11-18-3-2-10-34-25(18)23(31)12-19/h2-3,6-13,16,21H,4-5,14-15H2,1H3,(H2,33,38)(H,35,37)/t21-,30-/m0/s1. The number of rotatable bonds is 7. The number of carbonyl (C=O) groups is 2. The number of nitrogens with two attached hydrogens (primary N) is 1. The minimum absolute atomic E-state index is 0.0966. The molecule has 1 aliphatic carbocycles. The van der Waals surface area contributed by atoms with E-state index in [1.54, 1.807) is 43.5 Å². The van der Waals surface area contributed by atoms with Crippen LogP contribution >= 0.6 is 11.6 Å². The normalized spacial score (nSPS) is 18.8. The lowest BCUT2D eigenvalue weighted by molar-refractivity contribution is -0.123. The van der Waals surface area contributed by atoms with Gasteiger partial charge in [0.1, 0.15) is 29.3 Å². The van der Waals surface area contributed by atoms with E-state index in [0.29, 0.717) is 51.1 Å². The van der Waals surface area contributed by atoms with Gasteiger partial charge >= 0.3 is 0 Å². The molecule has 9 heteroatoms. The predicted molar refractivity (Wildman–Crippen MR) is 146 cm³/mol. The van der Waals surface area contributed by atoms with Gasteiger partial charge in [-0.3, -0.25) is 14.6 Å². The Morgan fingerprint density at radius 1 is 1.21 bits per heavy atom. The molecular weight excluding hydrogens is 519 g/mol. The Morgan fingerprint density at radius 3 is 2.69 bits per heavy atom. The lowest BCUT2D eigenvalue weighted by atomic mass is 9.82. The van der Waals surface area contributed by atoms with Gasteiger partial charge < -0.3 is 15.8 Å². The van der Waals surface area contributed by atoms with Crippen molar-refractivity contribution in [2.75, 3.05) is 13.2 Å². The Balaban J connectivity index is 1.35. The number of ether oxygens (including phenoxy) is 1. The highest BCUT2D eigenvalue weighted by atomic mass is 35.5. The highest BCUT2D eigenvalue weighted by molar-refractivity contribution is 6.35. The Labute approximate surface area is 229 Å². The van der Waals surface area contributed by atoms with Gasteiger partial charge in [0.2, 0.25) is 5.91 Å². The fraction of sp³-hybridized carbons (Fsp3) is 0.267. The van der Waals surface area contributed by atoms with Gasteiger partial charge in [0.05, 0.1) is 10.5 Å². The molecule has 3 heterocycles. The molecule has 3 N–H and O–H groups in total. The van der Waals surface area contributed by atoms with Crippen LogP contribution in [0.4, 0.5) is 4.39 Å². The van der Waals surface area contributed by atoms with E-state index >= 15 is 0 Å². The zero-order chi connectivity index (χ0) is 27.3. The average molecular weight is 545 g/mol. The fourth-order valence-corrected chi connectivity index (χ4v) is 5.47. The lowest BCUT2D eigenvalue weighted by Crippen LogP contribution is -2.40. The Bertz CT molecular complexity index is 1620. The molecule has 2 aromatic carbocycles. The summed E-state index contributed by atoms with van der Waals surface area (Å²) in [5.74, 6) is -0.416. The molecular formula is C30H26ClFN4O3. The van der Waals surface area contributed by atoms with Crippen molar-refractivity contribution in [3.63, 3.8) is 0 Å². The van der Waals surface area contributed by atoms with Crippen LogP contribution in [0.15, 0.2) is 60.8 Å². The molecule has 0 bridgehead atoms. The number of benzene rings is 2. The van der Waals surface area contributed by atoms with Crippen molar-refractivity contribution in [3.8, 4) is 17.0 Å². The molecule has 7 nitrogen and oxygen atoms in total. The van der Waals surface area contributed by atoms with Crippen molar-refractivity contribution in [2.24, 2.45) is 11.7 Å². The van der Waals surface area contributed by atoms with Crippen LogP contribution < -0.4 is 15.8 Å². The van der Waals surface area contributed by atoms with Gasteiger partial charge in [-0.15, -0.1) is 0 Å². The number of halogens is 2. The maximum absolute atomic E-state index is 13.7. The summed E-state index contributed by atoms with van der Waals surface area (Å²) in [4.78, 5) is 34.9. The summed E-state index contributed by atoms with van der Waals surface area (Å²) < 4.78 is 19.6. The monoisotopic (exact) mass is 544 g/mol. The molecule has 6 rings (SSSR count). The molecule has 4 aromatic rings. The highest BCUT2D eigenvalue weighted by Gasteiger charge is 2.45. The summed E-state index contributed by atoms with van der Waals surface area (Å²) in [5.41, 5.74) is 8.44. The SMILES string of the molecule is C[C@]1(C(N)=O)COc2c1cc([C@@H](CNC(=O)c1cc(Cl)c3ncccc3c1)C1CC1)nc2-c1ccc(F)cc1. The Morgan fingerprint density at radius 2 is 1.97 bits per heavy atom. The third kappa shape index (κ3) is 4.59. The van der Waals surface area contributed by atoms with Gasteiger partial charge in [-0.2, -0.15) is 0 Å². The number of nitrogens with one attached hydrogen (secondary N) is 1. The summed E-state index contributed by atoms with van der Waals surface area (Å²) in [7, 11) is 0. The maximum Gasteiger partial charge on any atom is 0.251 e. The molecule has 0 saturated heterocycles. The smallest absolute Gasteiger partial charge is 0.251 e. The lowest BCUT2D eigenvalue weighted by Gasteiger charge is -2.22. The minimum Gasteiger partial charge on any atom is -0.489 e. The summed E-state index contributed by atoms with van der Waals surface area (Å²) in [5, 5.41) is 4.25. The summed E-state index contributed by atoms with van der Waals surface area (Å²) in [6, 6.07) is 14.9. The van der Waals surface area contributed by atoms with E-state index in [0.717, 1.165) is 23.9 Å². The van der Waals surface area contributed by atoms with Crippen LogP contribution in [-0.2, 0) is 10.2 Å². The quantitative estimate of drug-likeness (QED) is 0.335. The van der Waals surface area contributed by atoms with Crippen molar-refractivity contribution in [2.45, 2.75) is 31.1 Å². The second-order valence-electron chi connectivity index (χ2n) is 10.5. The number of primary amides is 1. The van der Waals surface area contributed by atoms with Crippen LogP contribution in [0.2, 0.25) is 5.02 Å². The second-order valence-corrected chi connectivity index (χ2v) is 10.9. The Hall–Kier alpha value is -4.04. The highest BCUT2D eigenvalue weighted by Crippen LogP contribution is 2.48. The van der Waals surface area contributed by atoms with E-state index in [2.05, 4.69) is 10.3 Å². The summed E-state index contributed by atoms with van der Waals surface area (Å²) >= 11 is 6.39. The molecule has 39 heavy (non-hydrogen) atoms. The van der Waals surface area contributed by atoms with E-state index in [1.807, 2.05) is 12.1 Å². The van der Waals surface area contributed by atoms with E-state index in [4.69, 9.17) is 27.1 Å². The molecule has 1 fully saturated rings. The van der Waals surface area contributed by atoms with Gasteiger partial charge in [0, 0.05) is 46.4 Å². The van der Waals surface area contributed by atoms with Crippen molar-refractivity contribution in [1.82, 2.24) is 15.3 Å². The molecule has 2 amide bonds. The number of amides is 2. The molecule has 1 aliphatic heterocycles. The van der Waals surface area contributed by atoms with Crippen LogP contribution in [0.3, 0.4) is 0 Å². The molecule has 0 unspecified atom stereocenters. The first-order chi connectivity index (χ1) is 18.7. The predicted octanol–water partition coefficient (Wildman–Crippen LogP) is 5.15. The van der Waals surface area contributed by atoms with Gasteiger partial charge in [0.25, 0.3) is 5.91 Å². The molecule has 1 saturated carbocycles. The van der Waals surface area contributed by atoms with Crippen molar-refractivity contribution in [3.05, 3.63) is 88.5 Å². The first kappa shape index (κ1) is 25.2. The molecule has 2 aliphatic rings. The molecule has 0 radical (unpaired) electrons. The largest absolute Gasteiger partial charge is 0.489 e. The summed E-state index contributed by atoms with van der Waals surface area (Å²) in [6.45, 7) is 2.19. The molecule has 0 spiro atoms. The van der Waals surface area contributed by atoms with E-state index in [-0.39, 0.29) is 24.2 Å². The average Bonchev–Trinajstić information content (AvgIpc) is 3.71. The first-order valence-electron chi connectivity index (χ1n) is 12.8. The number of hydrogen-bond donors (Lipinski definition) is 2. The third-order valence-electron chi connectivity index (χ3n) is 7.73. The van der Waals surface area contributed by atoms with Gasteiger partial charge in [0.15, 0.2) is 0 Å². The zero-order valence-electron chi connectivity index (χ0n) is 21.2. The fourth-order valence-electron chi connectivity index (χ4n) is 5.20. The topological polar surface area (TPSA) is 107 Å². The summed E-state index contributed by atoms with van der Waals surface area (Å²) in [6.07, 6.45) is 3.66. The number of fused-ring (bicyclic) bond motifs is 2. The minimum atomic E-state index is -1.03. The van der Waals surface area contributed by atoms with Crippen LogP contribution in [0.5, 0.6) is 5.75 Å². The van der Waals surface area contributed by atoms with E-state index < -0.39 is 11.3 Å². The van der Waals surface area contributed by atoms with Gasteiger partial charge in [-0.25, -0.2) is 9.37 Å². The third-order valence-corrected chi connectivity index (χ3v) is 8.02. The Kier molecular flexibility index (Phi) is 6.22. The molecule has 198 valence electrons. The van der Waals surface area contributed by atoms with Crippen molar-refractivity contribution >= 4 is 34.3 Å². The van der Waals surface area contributed by atoms with Gasteiger partial charge in [-0.1, -0.05) is 17.7 Å². The number of nitrogens with zero attached hydrogens (tertiary/aromatic N) is 2. The van der Waals surface area contributed by atoms with Gasteiger partial charge in [-0.05, 0) is 74.2 Å². The van der Waals surface area contributed by atoms with E-state index in [9.17, 15) is 14.0 Å². The number of carbonyl (C=O) groups excluding carboxylic acids is 2. The first-order valence-corrected chi connectivity index (χ1v) is 13.2. The number of aromatic nitrogens is 2. The number of pyridine rings is 2. The van der Waals surface area contributed by atoms with Crippen LogP contribution in [0.1, 0.15) is 47.3 Å². The molecule has 2 atom stereocenters. The van der Waals surface area contributed by atoms with Crippen molar-refractivity contribution in [1.29, 1.82) is 0 Å². The van der Waals surface area contributed by atoms with E-state index in [1.165, 1.54) is 12.1 Å². The van der Waals surface area contributed by atoms with Crippen LogP contribution in [-0.4, -0.2) is 34.9 Å². The van der Waals surface area contributed by atoms with Crippen molar-refractivity contribution < 1.29 is 18.7 Å². The maximum atomic E-state index is 13.7. The van der Waals surface area contributed by atoms with Crippen LogP contribution in [0, 0.1) is 11.7 Å².